The molecule has 7 heteroatoms. The lowest BCUT2D eigenvalue weighted by Gasteiger charge is -2.33. The zero-order chi connectivity index (χ0) is 18.0. The molecule has 1 fully saturated rings. The molecule has 0 bridgehead atoms. The van der Waals surface area contributed by atoms with E-state index in [9.17, 15) is 13.2 Å². The fourth-order valence-electron chi connectivity index (χ4n) is 3.43. The Bertz CT molecular complexity index is 727. The lowest BCUT2D eigenvalue weighted by atomic mass is 9.94. The van der Waals surface area contributed by atoms with Crippen LogP contribution >= 0.6 is 11.6 Å². The molecule has 1 aromatic carbocycles. The second kappa shape index (κ2) is 7.38. The van der Waals surface area contributed by atoms with Gasteiger partial charge in [0.2, 0.25) is 0 Å². The van der Waals surface area contributed by atoms with Crippen LogP contribution < -0.4 is 0 Å². The number of benzene rings is 1. The van der Waals surface area contributed by atoms with Gasteiger partial charge in [-0.25, -0.2) is 4.98 Å². The zero-order valence-corrected chi connectivity index (χ0v) is 14.8. The van der Waals surface area contributed by atoms with Crippen molar-refractivity contribution in [2.45, 2.75) is 32.0 Å². The SMILES string of the molecule is Cn1ccnc1CC1CCCN(Cc2cc(C(F)(F)F)ccc2Cl)C1. The van der Waals surface area contributed by atoms with Crippen LogP contribution in [0.4, 0.5) is 13.2 Å². The first-order chi connectivity index (χ1) is 11.8. The van der Waals surface area contributed by atoms with Crippen molar-refractivity contribution in [2.24, 2.45) is 13.0 Å². The predicted molar refractivity (Wildman–Crippen MR) is 91.4 cm³/mol. The Balaban J connectivity index is 1.67. The summed E-state index contributed by atoms with van der Waals surface area (Å²) in [6.07, 6.45) is 2.40. The quantitative estimate of drug-likeness (QED) is 0.786. The third-order valence-electron chi connectivity index (χ3n) is 4.76. The van der Waals surface area contributed by atoms with Gasteiger partial charge >= 0.3 is 6.18 Å². The largest absolute Gasteiger partial charge is 0.416 e. The minimum Gasteiger partial charge on any atom is -0.338 e. The maximum absolute atomic E-state index is 12.9. The molecule has 0 aliphatic carbocycles. The van der Waals surface area contributed by atoms with Crippen LogP contribution in [-0.4, -0.2) is 27.5 Å². The first-order valence-corrected chi connectivity index (χ1v) is 8.75. The van der Waals surface area contributed by atoms with Gasteiger partial charge in [0.25, 0.3) is 0 Å². The maximum Gasteiger partial charge on any atom is 0.416 e. The van der Waals surface area contributed by atoms with Crippen LogP contribution in [0.25, 0.3) is 0 Å². The van der Waals surface area contributed by atoms with Crippen molar-refractivity contribution in [3.63, 3.8) is 0 Å². The lowest BCUT2D eigenvalue weighted by Crippen LogP contribution is -2.36. The summed E-state index contributed by atoms with van der Waals surface area (Å²) in [6.45, 7) is 2.17. The molecule has 1 aromatic heterocycles. The predicted octanol–water partition coefficient (Wildman–Crippen LogP) is 4.55. The van der Waals surface area contributed by atoms with Crippen LogP contribution in [0.3, 0.4) is 0 Å². The van der Waals surface area contributed by atoms with Crippen molar-refractivity contribution in [3.05, 3.63) is 52.6 Å². The molecule has 25 heavy (non-hydrogen) atoms. The molecular weight excluding hydrogens is 351 g/mol. The molecule has 2 aromatic rings. The second-order valence-corrected chi connectivity index (χ2v) is 7.11. The number of nitrogens with zero attached hydrogens (tertiary/aromatic N) is 3. The Labute approximate surface area is 150 Å². The summed E-state index contributed by atoms with van der Waals surface area (Å²) in [5.74, 6) is 1.50. The normalized spacial score (nSPS) is 19.3. The Morgan fingerprint density at radius 2 is 2.12 bits per heavy atom. The Hall–Kier alpha value is -1.53. The highest BCUT2D eigenvalue weighted by Gasteiger charge is 2.31. The van der Waals surface area contributed by atoms with Crippen LogP contribution in [0, 0.1) is 5.92 Å². The van der Waals surface area contributed by atoms with E-state index in [4.69, 9.17) is 11.6 Å². The van der Waals surface area contributed by atoms with Gasteiger partial charge in [0.15, 0.2) is 0 Å². The fraction of sp³-hybridized carbons (Fsp3) is 0.500. The van der Waals surface area contributed by atoms with Crippen molar-refractivity contribution >= 4 is 11.6 Å². The highest BCUT2D eigenvalue weighted by molar-refractivity contribution is 6.31. The summed E-state index contributed by atoms with van der Waals surface area (Å²) in [6, 6.07) is 3.55. The lowest BCUT2D eigenvalue weighted by molar-refractivity contribution is -0.137. The average Bonchev–Trinajstić information content (AvgIpc) is 2.94. The van der Waals surface area contributed by atoms with Gasteiger partial charge in [0.1, 0.15) is 5.82 Å². The number of halogens is 4. The molecule has 0 saturated carbocycles. The van der Waals surface area contributed by atoms with E-state index in [1.54, 1.807) is 6.20 Å². The van der Waals surface area contributed by atoms with Gasteiger partial charge in [-0.1, -0.05) is 11.6 Å². The molecular formula is C18H21ClF3N3. The maximum atomic E-state index is 12.9. The van der Waals surface area contributed by atoms with Crippen LogP contribution in [-0.2, 0) is 26.2 Å². The summed E-state index contributed by atoms with van der Waals surface area (Å²) in [7, 11) is 1.98. The fourth-order valence-corrected chi connectivity index (χ4v) is 3.60. The van der Waals surface area contributed by atoms with Gasteiger partial charge in [-0.2, -0.15) is 13.2 Å². The Morgan fingerprint density at radius 1 is 1.32 bits per heavy atom. The van der Waals surface area contributed by atoms with Gasteiger partial charge in [-0.05, 0) is 49.1 Å². The summed E-state index contributed by atoms with van der Waals surface area (Å²) in [4.78, 5) is 6.56. The monoisotopic (exact) mass is 371 g/mol. The first kappa shape index (κ1) is 18.3. The number of likely N-dealkylation sites (tertiary alicyclic amines) is 1. The summed E-state index contributed by atoms with van der Waals surface area (Å²) >= 11 is 6.13. The third kappa shape index (κ3) is 4.55. The number of alkyl halides is 3. The molecule has 0 spiro atoms. The van der Waals surface area contributed by atoms with E-state index in [1.165, 1.54) is 12.1 Å². The van der Waals surface area contributed by atoms with Crippen molar-refractivity contribution in [1.29, 1.82) is 0 Å². The summed E-state index contributed by atoms with van der Waals surface area (Å²) in [5, 5.41) is 0.388. The molecule has 1 atom stereocenters. The van der Waals surface area contributed by atoms with E-state index in [1.807, 2.05) is 17.8 Å². The first-order valence-electron chi connectivity index (χ1n) is 8.37. The third-order valence-corrected chi connectivity index (χ3v) is 5.13. The topological polar surface area (TPSA) is 21.1 Å². The highest BCUT2D eigenvalue weighted by Crippen LogP contribution is 2.32. The standard InChI is InChI=1S/C18H21ClF3N3/c1-24-8-6-23-17(24)9-13-3-2-7-25(11-13)12-14-10-15(18(20,21)22)4-5-16(14)19/h4-6,8,10,13H,2-3,7,9,11-12H2,1H3. The van der Waals surface area contributed by atoms with Crippen LogP contribution in [0.5, 0.6) is 0 Å². The molecule has 136 valence electrons. The second-order valence-electron chi connectivity index (χ2n) is 6.71. The average molecular weight is 372 g/mol. The molecule has 3 nitrogen and oxygen atoms in total. The number of aromatic nitrogens is 2. The molecule has 1 saturated heterocycles. The van der Waals surface area contributed by atoms with E-state index in [2.05, 4.69) is 9.88 Å². The molecule has 0 N–H and O–H groups in total. The molecule has 0 radical (unpaired) electrons. The summed E-state index contributed by atoms with van der Waals surface area (Å²) < 4.78 is 40.8. The molecule has 1 unspecified atom stereocenters. The van der Waals surface area contributed by atoms with Crippen molar-refractivity contribution in [1.82, 2.24) is 14.5 Å². The zero-order valence-electron chi connectivity index (χ0n) is 14.1. The number of imidazole rings is 1. The van der Waals surface area contributed by atoms with E-state index in [0.717, 1.165) is 44.2 Å². The Morgan fingerprint density at radius 3 is 2.80 bits per heavy atom. The van der Waals surface area contributed by atoms with Gasteiger partial charge in [0, 0.05) is 44.0 Å². The number of rotatable bonds is 4. The molecule has 2 heterocycles. The van der Waals surface area contributed by atoms with E-state index >= 15 is 0 Å². The molecule has 3 rings (SSSR count). The van der Waals surface area contributed by atoms with Gasteiger partial charge in [-0.15, -0.1) is 0 Å². The van der Waals surface area contributed by atoms with Crippen molar-refractivity contribution in [3.8, 4) is 0 Å². The minimum absolute atomic E-state index is 0.388. The molecule has 1 aliphatic rings. The van der Waals surface area contributed by atoms with E-state index in [-0.39, 0.29) is 0 Å². The number of aryl methyl sites for hydroxylation is 1. The highest BCUT2D eigenvalue weighted by atomic mass is 35.5. The Kier molecular flexibility index (Phi) is 5.39. The summed E-state index contributed by atoms with van der Waals surface area (Å²) in [5.41, 5.74) is -0.109. The number of hydrogen-bond acceptors (Lipinski definition) is 2. The van der Waals surface area contributed by atoms with Gasteiger partial charge < -0.3 is 4.57 Å². The van der Waals surface area contributed by atoms with Crippen LogP contribution in [0.1, 0.15) is 29.8 Å². The number of piperidine rings is 1. The minimum atomic E-state index is -4.35. The van der Waals surface area contributed by atoms with E-state index < -0.39 is 11.7 Å². The van der Waals surface area contributed by atoms with Crippen molar-refractivity contribution < 1.29 is 13.2 Å². The molecule has 0 amide bonds. The van der Waals surface area contributed by atoms with Gasteiger partial charge in [-0.3, -0.25) is 4.90 Å². The molecule has 1 aliphatic heterocycles. The number of hydrogen-bond donors (Lipinski definition) is 0. The van der Waals surface area contributed by atoms with Crippen LogP contribution in [0.15, 0.2) is 30.6 Å². The van der Waals surface area contributed by atoms with Gasteiger partial charge in [0.05, 0.1) is 5.56 Å². The smallest absolute Gasteiger partial charge is 0.338 e. The van der Waals surface area contributed by atoms with Crippen LogP contribution in [0.2, 0.25) is 5.02 Å². The van der Waals surface area contributed by atoms with E-state index in [0.29, 0.717) is 23.0 Å². The van der Waals surface area contributed by atoms with Crippen molar-refractivity contribution in [2.75, 3.05) is 13.1 Å².